The maximum atomic E-state index is 12.7. The van der Waals surface area contributed by atoms with Crippen LogP contribution in [0.15, 0.2) is 54.6 Å². The summed E-state index contributed by atoms with van der Waals surface area (Å²) in [6.07, 6.45) is 0.875. The van der Waals surface area contributed by atoms with Crippen LogP contribution in [-0.2, 0) is 4.79 Å². The van der Waals surface area contributed by atoms with E-state index in [1.54, 1.807) is 24.3 Å². The SMILES string of the molecule is C[C@H](c1ccccc1)N1CCC(=O)CC1CN1C(=O)c2ccccc2C1=O. The summed E-state index contributed by atoms with van der Waals surface area (Å²) < 4.78 is 0. The zero-order valence-corrected chi connectivity index (χ0v) is 15.3. The molecule has 0 spiro atoms. The highest BCUT2D eigenvalue weighted by atomic mass is 16.2. The van der Waals surface area contributed by atoms with E-state index in [0.29, 0.717) is 30.5 Å². The number of likely N-dealkylation sites (tertiary alicyclic amines) is 1. The van der Waals surface area contributed by atoms with Gasteiger partial charge in [-0.15, -0.1) is 0 Å². The Hall–Kier alpha value is -2.79. The molecule has 1 unspecified atom stereocenters. The van der Waals surface area contributed by atoms with Gasteiger partial charge in [0, 0.05) is 38.0 Å². The zero-order chi connectivity index (χ0) is 19.0. The third-order valence-electron chi connectivity index (χ3n) is 5.63. The fourth-order valence-corrected chi connectivity index (χ4v) is 4.14. The molecule has 0 aliphatic carbocycles. The first-order valence-electron chi connectivity index (χ1n) is 9.34. The number of ketones is 1. The highest BCUT2D eigenvalue weighted by Gasteiger charge is 2.39. The molecule has 0 bridgehead atoms. The van der Waals surface area contributed by atoms with Crippen LogP contribution in [0.1, 0.15) is 52.1 Å². The molecular formula is C22H22N2O3. The molecule has 2 atom stereocenters. The summed E-state index contributed by atoms with van der Waals surface area (Å²) in [4.78, 5) is 41.1. The van der Waals surface area contributed by atoms with Gasteiger partial charge in [-0.2, -0.15) is 0 Å². The number of hydrogen-bond acceptors (Lipinski definition) is 4. The Morgan fingerprint density at radius 3 is 2.15 bits per heavy atom. The molecule has 4 rings (SSSR count). The molecule has 2 heterocycles. The topological polar surface area (TPSA) is 57.7 Å². The minimum atomic E-state index is -0.263. The number of benzene rings is 2. The Labute approximate surface area is 158 Å². The van der Waals surface area contributed by atoms with Crippen molar-refractivity contribution in [1.82, 2.24) is 9.80 Å². The van der Waals surface area contributed by atoms with E-state index in [1.807, 2.05) is 18.2 Å². The van der Waals surface area contributed by atoms with Gasteiger partial charge in [-0.05, 0) is 24.6 Å². The molecule has 2 aromatic carbocycles. The molecule has 1 saturated heterocycles. The molecule has 27 heavy (non-hydrogen) atoms. The number of fused-ring (bicyclic) bond motifs is 1. The Kier molecular flexibility index (Phi) is 4.62. The van der Waals surface area contributed by atoms with E-state index in [1.165, 1.54) is 10.5 Å². The van der Waals surface area contributed by atoms with Gasteiger partial charge in [0.1, 0.15) is 5.78 Å². The van der Waals surface area contributed by atoms with Crippen molar-refractivity contribution in [2.75, 3.05) is 13.1 Å². The second kappa shape index (κ2) is 7.08. The van der Waals surface area contributed by atoms with Gasteiger partial charge in [0.2, 0.25) is 0 Å². The fourth-order valence-electron chi connectivity index (χ4n) is 4.14. The summed E-state index contributed by atoms with van der Waals surface area (Å²) in [5.41, 5.74) is 2.07. The molecule has 138 valence electrons. The second-order valence-corrected chi connectivity index (χ2v) is 7.24. The number of imide groups is 1. The predicted octanol–water partition coefficient (Wildman–Crippen LogP) is 3.08. The maximum Gasteiger partial charge on any atom is 0.261 e. The van der Waals surface area contributed by atoms with Crippen molar-refractivity contribution in [2.24, 2.45) is 0 Å². The number of nitrogens with zero attached hydrogens (tertiary/aromatic N) is 2. The van der Waals surface area contributed by atoms with Crippen LogP contribution in [0.4, 0.5) is 0 Å². The number of rotatable bonds is 4. The quantitative estimate of drug-likeness (QED) is 0.785. The van der Waals surface area contributed by atoms with Crippen LogP contribution < -0.4 is 0 Å². The van der Waals surface area contributed by atoms with E-state index in [2.05, 4.69) is 24.0 Å². The summed E-state index contributed by atoms with van der Waals surface area (Å²) in [6.45, 7) is 3.00. The largest absolute Gasteiger partial charge is 0.300 e. The standard InChI is InChI=1S/C22H22N2O3/c1-15(16-7-3-2-4-8-16)23-12-11-18(25)13-17(23)14-24-21(26)19-9-5-6-10-20(19)22(24)27/h2-10,15,17H,11-14H2,1H3/t15-,17?/m1/s1. The minimum Gasteiger partial charge on any atom is -0.300 e. The number of piperidine rings is 1. The summed E-state index contributed by atoms with van der Waals surface area (Å²) in [5, 5.41) is 0. The summed E-state index contributed by atoms with van der Waals surface area (Å²) in [6, 6.07) is 17.0. The van der Waals surface area contributed by atoms with Gasteiger partial charge in [-0.1, -0.05) is 42.5 Å². The minimum absolute atomic E-state index is 0.111. The third kappa shape index (κ3) is 3.19. The van der Waals surface area contributed by atoms with Crippen LogP contribution in [0.25, 0.3) is 0 Å². The van der Waals surface area contributed by atoms with Gasteiger partial charge in [-0.3, -0.25) is 24.2 Å². The average Bonchev–Trinajstić information content (AvgIpc) is 2.94. The van der Waals surface area contributed by atoms with Gasteiger partial charge < -0.3 is 0 Å². The summed E-state index contributed by atoms with van der Waals surface area (Å²) in [7, 11) is 0. The monoisotopic (exact) mass is 362 g/mol. The van der Waals surface area contributed by atoms with Crippen LogP contribution in [-0.4, -0.2) is 46.5 Å². The summed E-state index contributed by atoms with van der Waals surface area (Å²) in [5.74, 6) is -0.338. The van der Waals surface area contributed by atoms with Crippen molar-refractivity contribution in [3.63, 3.8) is 0 Å². The molecule has 2 amide bonds. The van der Waals surface area contributed by atoms with E-state index in [4.69, 9.17) is 0 Å². The molecule has 5 nitrogen and oxygen atoms in total. The normalized spacial score (nSPS) is 21.4. The lowest BCUT2D eigenvalue weighted by atomic mass is 9.96. The number of hydrogen-bond donors (Lipinski definition) is 0. The number of Topliss-reactive ketones (excluding diaryl/α,β-unsaturated/α-hetero) is 1. The van der Waals surface area contributed by atoms with Crippen LogP contribution in [0.2, 0.25) is 0 Å². The van der Waals surface area contributed by atoms with E-state index in [-0.39, 0.29) is 36.2 Å². The number of carbonyl (C=O) groups is 3. The predicted molar refractivity (Wildman–Crippen MR) is 101 cm³/mol. The molecule has 5 heteroatoms. The highest BCUT2D eigenvalue weighted by molar-refractivity contribution is 6.21. The molecule has 0 aromatic heterocycles. The van der Waals surface area contributed by atoms with Crippen molar-refractivity contribution < 1.29 is 14.4 Å². The first-order chi connectivity index (χ1) is 13.1. The average molecular weight is 362 g/mol. The van der Waals surface area contributed by atoms with Crippen LogP contribution >= 0.6 is 0 Å². The zero-order valence-electron chi connectivity index (χ0n) is 15.3. The smallest absolute Gasteiger partial charge is 0.261 e. The number of carbonyl (C=O) groups excluding carboxylic acids is 3. The van der Waals surface area contributed by atoms with E-state index >= 15 is 0 Å². The van der Waals surface area contributed by atoms with Crippen LogP contribution in [0.5, 0.6) is 0 Å². The molecule has 2 aromatic rings. The second-order valence-electron chi connectivity index (χ2n) is 7.24. The lowest BCUT2D eigenvalue weighted by Gasteiger charge is -2.40. The van der Waals surface area contributed by atoms with Gasteiger partial charge in [0.05, 0.1) is 11.1 Å². The third-order valence-corrected chi connectivity index (χ3v) is 5.63. The highest BCUT2D eigenvalue weighted by Crippen LogP contribution is 2.30. The van der Waals surface area contributed by atoms with Gasteiger partial charge in [0.15, 0.2) is 0 Å². The first-order valence-corrected chi connectivity index (χ1v) is 9.34. The number of amides is 2. The molecular weight excluding hydrogens is 340 g/mol. The van der Waals surface area contributed by atoms with Crippen LogP contribution in [0, 0.1) is 0 Å². The lowest BCUT2D eigenvalue weighted by molar-refractivity contribution is -0.124. The molecule has 0 radical (unpaired) electrons. The van der Waals surface area contributed by atoms with Gasteiger partial charge in [0.25, 0.3) is 11.8 Å². The molecule has 2 aliphatic heterocycles. The van der Waals surface area contributed by atoms with Crippen molar-refractivity contribution in [2.45, 2.75) is 31.8 Å². The molecule has 1 fully saturated rings. The Balaban J connectivity index is 1.58. The van der Waals surface area contributed by atoms with Crippen molar-refractivity contribution in [3.8, 4) is 0 Å². The van der Waals surface area contributed by atoms with E-state index < -0.39 is 0 Å². The maximum absolute atomic E-state index is 12.7. The molecule has 2 aliphatic rings. The van der Waals surface area contributed by atoms with E-state index in [9.17, 15) is 14.4 Å². The first kappa shape index (κ1) is 17.6. The van der Waals surface area contributed by atoms with Gasteiger partial charge in [-0.25, -0.2) is 0 Å². The molecule has 0 N–H and O–H groups in total. The fraction of sp³-hybridized carbons (Fsp3) is 0.318. The van der Waals surface area contributed by atoms with Crippen molar-refractivity contribution >= 4 is 17.6 Å². The lowest BCUT2D eigenvalue weighted by Crippen LogP contribution is -2.51. The van der Waals surface area contributed by atoms with Gasteiger partial charge >= 0.3 is 0 Å². The Morgan fingerprint density at radius 2 is 1.52 bits per heavy atom. The Morgan fingerprint density at radius 1 is 0.926 bits per heavy atom. The van der Waals surface area contributed by atoms with Crippen molar-refractivity contribution in [3.05, 3.63) is 71.3 Å². The van der Waals surface area contributed by atoms with E-state index in [0.717, 1.165) is 0 Å². The Bertz CT molecular complexity index is 858. The molecule has 0 saturated carbocycles. The van der Waals surface area contributed by atoms with Crippen molar-refractivity contribution in [1.29, 1.82) is 0 Å². The van der Waals surface area contributed by atoms with Crippen LogP contribution in [0.3, 0.4) is 0 Å². The summed E-state index contributed by atoms with van der Waals surface area (Å²) >= 11 is 0.